The summed E-state index contributed by atoms with van der Waals surface area (Å²) in [6.45, 7) is 4.23. The number of nitrogens with one attached hydrogen (secondary N) is 2. The lowest BCUT2D eigenvalue weighted by Crippen LogP contribution is -2.29. The second-order valence-corrected chi connectivity index (χ2v) is 8.16. The molecule has 0 saturated carbocycles. The van der Waals surface area contributed by atoms with Crippen LogP contribution in [-0.2, 0) is 16.1 Å². The molecule has 0 aromatic carbocycles. The number of hydrogen-bond donors (Lipinski definition) is 2. The third-order valence-corrected chi connectivity index (χ3v) is 5.47. The molecule has 0 spiro atoms. The fraction of sp³-hybridized carbons (Fsp3) is 0.444. The third-order valence-electron chi connectivity index (χ3n) is 3.87. The third kappa shape index (κ3) is 6.28. The predicted molar refractivity (Wildman–Crippen MR) is 118 cm³/mol. The van der Waals surface area contributed by atoms with Crippen LogP contribution in [0.15, 0.2) is 35.0 Å². The van der Waals surface area contributed by atoms with Crippen molar-refractivity contribution in [3.63, 3.8) is 0 Å². The molecule has 0 aliphatic heterocycles. The van der Waals surface area contributed by atoms with Gasteiger partial charge in [-0.05, 0) is 11.8 Å². The lowest BCUT2D eigenvalue weighted by atomic mass is 10.4. The summed E-state index contributed by atoms with van der Waals surface area (Å²) < 4.78 is 6.88. The summed E-state index contributed by atoms with van der Waals surface area (Å²) in [6, 6.07) is 1.74. The normalized spacial score (nSPS) is 11.0. The topological polar surface area (TPSA) is 120 Å². The molecule has 0 bridgehead atoms. The Bertz CT molecular complexity index is 954. The van der Waals surface area contributed by atoms with E-state index in [1.165, 1.54) is 11.8 Å². The van der Waals surface area contributed by atoms with Crippen LogP contribution in [0.25, 0.3) is 11.0 Å². The number of fused-ring (bicyclic) bond motifs is 1. The molecule has 30 heavy (non-hydrogen) atoms. The summed E-state index contributed by atoms with van der Waals surface area (Å²) in [7, 11) is 1.66. The lowest BCUT2D eigenvalue weighted by molar-refractivity contribution is -0.118. The van der Waals surface area contributed by atoms with Gasteiger partial charge in [-0.2, -0.15) is 5.10 Å². The molecule has 12 heteroatoms. The maximum atomic E-state index is 12.1. The van der Waals surface area contributed by atoms with Gasteiger partial charge >= 0.3 is 0 Å². The summed E-state index contributed by atoms with van der Waals surface area (Å²) in [6.07, 6.45) is 5.05. The Morgan fingerprint density at radius 2 is 2.00 bits per heavy atom. The van der Waals surface area contributed by atoms with Gasteiger partial charge in [-0.15, -0.1) is 0 Å². The molecule has 2 N–H and O–H groups in total. The summed E-state index contributed by atoms with van der Waals surface area (Å²) in [5.74, 6) is 1.79. The van der Waals surface area contributed by atoms with Crippen LogP contribution in [0.4, 0.5) is 5.82 Å². The van der Waals surface area contributed by atoms with Crippen molar-refractivity contribution in [2.24, 2.45) is 0 Å². The Labute approximate surface area is 183 Å². The van der Waals surface area contributed by atoms with Gasteiger partial charge in [0.1, 0.15) is 5.82 Å². The number of methoxy groups -OCH3 is 1. The molecule has 3 heterocycles. The molecule has 0 radical (unpaired) electrons. The van der Waals surface area contributed by atoms with Crippen molar-refractivity contribution in [3.05, 3.63) is 24.7 Å². The second kappa shape index (κ2) is 11.7. The van der Waals surface area contributed by atoms with E-state index < -0.39 is 0 Å². The van der Waals surface area contributed by atoms with Crippen LogP contribution >= 0.6 is 23.5 Å². The highest BCUT2D eigenvalue weighted by Crippen LogP contribution is 2.24. The van der Waals surface area contributed by atoms with Crippen LogP contribution < -0.4 is 10.6 Å². The SMILES string of the molecule is CCSc1nc(NCCOC)c2cnn(CCNC(=O)CSc3ncccn3)c2n1. The van der Waals surface area contributed by atoms with Gasteiger partial charge in [-0.1, -0.05) is 30.4 Å². The summed E-state index contributed by atoms with van der Waals surface area (Å²) >= 11 is 2.87. The van der Waals surface area contributed by atoms with Crippen LogP contribution in [0.2, 0.25) is 0 Å². The number of ether oxygens (including phenoxy) is 1. The van der Waals surface area contributed by atoms with Gasteiger partial charge in [0, 0.05) is 32.6 Å². The maximum absolute atomic E-state index is 12.1. The van der Waals surface area contributed by atoms with E-state index in [1.807, 2.05) is 0 Å². The number of carbonyl (C=O) groups excluding carboxylic acids is 1. The van der Waals surface area contributed by atoms with Crippen molar-refractivity contribution in [1.29, 1.82) is 0 Å². The number of amides is 1. The molecule has 10 nitrogen and oxygen atoms in total. The first-order valence-electron chi connectivity index (χ1n) is 9.47. The minimum atomic E-state index is -0.0808. The zero-order valence-electron chi connectivity index (χ0n) is 16.9. The quantitative estimate of drug-likeness (QED) is 0.241. The highest BCUT2D eigenvalue weighted by atomic mass is 32.2. The molecule has 3 aromatic rings. The molecule has 3 rings (SSSR count). The van der Waals surface area contributed by atoms with Gasteiger partial charge < -0.3 is 15.4 Å². The summed E-state index contributed by atoms with van der Waals surface area (Å²) in [4.78, 5) is 29.5. The number of hydrogen-bond acceptors (Lipinski definition) is 10. The Balaban J connectivity index is 1.60. The highest BCUT2D eigenvalue weighted by Gasteiger charge is 2.13. The first kappa shape index (κ1) is 22.2. The molecule has 0 aliphatic rings. The van der Waals surface area contributed by atoms with Crippen molar-refractivity contribution in [2.45, 2.75) is 23.8 Å². The van der Waals surface area contributed by atoms with E-state index in [0.717, 1.165) is 22.6 Å². The molecule has 160 valence electrons. The van der Waals surface area contributed by atoms with E-state index in [-0.39, 0.29) is 11.7 Å². The zero-order valence-corrected chi connectivity index (χ0v) is 18.5. The lowest BCUT2D eigenvalue weighted by Gasteiger charge is -2.09. The molecule has 0 aliphatic carbocycles. The number of aromatic nitrogens is 6. The Kier molecular flexibility index (Phi) is 8.66. The fourth-order valence-electron chi connectivity index (χ4n) is 2.54. The highest BCUT2D eigenvalue weighted by molar-refractivity contribution is 7.99. The summed E-state index contributed by atoms with van der Waals surface area (Å²) in [5, 5.41) is 12.7. The van der Waals surface area contributed by atoms with Crippen molar-refractivity contribution < 1.29 is 9.53 Å². The molecular weight excluding hydrogens is 424 g/mol. The number of anilines is 1. The monoisotopic (exact) mass is 448 g/mol. The largest absolute Gasteiger partial charge is 0.383 e. The molecule has 0 unspecified atom stereocenters. The van der Waals surface area contributed by atoms with Crippen molar-refractivity contribution in [3.8, 4) is 0 Å². The Morgan fingerprint density at radius 1 is 1.17 bits per heavy atom. The first-order chi connectivity index (χ1) is 14.7. The van der Waals surface area contributed by atoms with E-state index in [4.69, 9.17) is 4.74 Å². The van der Waals surface area contributed by atoms with E-state index in [1.54, 1.807) is 48.2 Å². The van der Waals surface area contributed by atoms with E-state index in [2.05, 4.69) is 42.6 Å². The smallest absolute Gasteiger partial charge is 0.230 e. The van der Waals surface area contributed by atoms with E-state index in [9.17, 15) is 4.79 Å². The van der Waals surface area contributed by atoms with Gasteiger partial charge in [-0.25, -0.2) is 24.6 Å². The molecule has 1 amide bonds. The fourth-order valence-corrected chi connectivity index (χ4v) is 3.74. The van der Waals surface area contributed by atoms with Crippen LogP contribution in [0, 0.1) is 0 Å². The van der Waals surface area contributed by atoms with Gasteiger partial charge in [0.2, 0.25) is 5.91 Å². The zero-order chi connectivity index (χ0) is 21.2. The van der Waals surface area contributed by atoms with Gasteiger partial charge in [0.25, 0.3) is 0 Å². The molecule has 0 atom stereocenters. The number of rotatable bonds is 12. The first-order valence-corrected chi connectivity index (χ1v) is 11.4. The maximum Gasteiger partial charge on any atom is 0.230 e. The van der Waals surface area contributed by atoms with Crippen LogP contribution in [0.3, 0.4) is 0 Å². The Hall–Kier alpha value is -2.44. The minimum Gasteiger partial charge on any atom is -0.383 e. The van der Waals surface area contributed by atoms with Crippen LogP contribution in [-0.4, -0.2) is 73.9 Å². The molecule has 0 saturated heterocycles. The van der Waals surface area contributed by atoms with E-state index >= 15 is 0 Å². The predicted octanol–water partition coefficient (Wildman–Crippen LogP) is 1.70. The standard InChI is InChI=1S/C18H24N8O2S2/c1-3-29-18-24-15(20-8-10-28-2)13-11-23-26(16(13)25-18)9-7-19-14(27)12-30-17-21-5-4-6-22-17/h4-6,11H,3,7-10,12H2,1-2H3,(H,19,27)(H,20,24,25). The molecule has 3 aromatic heterocycles. The van der Waals surface area contributed by atoms with Crippen molar-refractivity contribution in [2.75, 3.05) is 43.6 Å². The Morgan fingerprint density at radius 3 is 2.77 bits per heavy atom. The number of thioether (sulfide) groups is 2. The average molecular weight is 449 g/mol. The van der Waals surface area contributed by atoms with Gasteiger partial charge in [0.15, 0.2) is 16.0 Å². The number of carbonyl (C=O) groups is 1. The van der Waals surface area contributed by atoms with E-state index in [0.29, 0.717) is 36.6 Å². The molecular formula is C18H24N8O2S2. The summed E-state index contributed by atoms with van der Waals surface area (Å²) in [5.41, 5.74) is 0.738. The van der Waals surface area contributed by atoms with Gasteiger partial charge in [0.05, 0.1) is 30.5 Å². The van der Waals surface area contributed by atoms with Crippen LogP contribution in [0.1, 0.15) is 6.92 Å². The van der Waals surface area contributed by atoms with Crippen molar-refractivity contribution >= 4 is 46.3 Å². The minimum absolute atomic E-state index is 0.0808. The average Bonchev–Trinajstić information content (AvgIpc) is 3.16. The molecule has 0 fully saturated rings. The van der Waals surface area contributed by atoms with Gasteiger partial charge in [-0.3, -0.25) is 4.79 Å². The van der Waals surface area contributed by atoms with Crippen LogP contribution in [0.5, 0.6) is 0 Å². The number of nitrogens with zero attached hydrogens (tertiary/aromatic N) is 6. The second-order valence-electron chi connectivity index (χ2n) is 5.98. The van der Waals surface area contributed by atoms with Crippen molar-refractivity contribution in [1.82, 2.24) is 35.0 Å².